The van der Waals surface area contributed by atoms with Crippen LogP contribution >= 0.6 is 11.8 Å². The number of para-hydroxylation sites is 1. The average molecular weight is 403 g/mol. The summed E-state index contributed by atoms with van der Waals surface area (Å²) in [5.74, 6) is 0.400. The van der Waals surface area contributed by atoms with Gasteiger partial charge < -0.3 is 10.2 Å². The Balaban J connectivity index is 1.51. The van der Waals surface area contributed by atoms with E-state index in [-0.39, 0.29) is 17.9 Å². The van der Waals surface area contributed by atoms with Gasteiger partial charge in [-0.05, 0) is 42.3 Å². The summed E-state index contributed by atoms with van der Waals surface area (Å²) >= 11 is 1.57. The zero-order valence-corrected chi connectivity index (χ0v) is 17.0. The Bertz CT molecular complexity index is 1040. The van der Waals surface area contributed by atoms with Crippen molar-refractivity contribution in [2.45, 2.75) is 24.4 Å². The summed E-state index contributed by atoms with van der Waals surface area (Å²) in [7, 11) is 0. The highest BCUT2D eigenvalue weighted by molar-refractivity contribution is 8.00. The number of carbonyl (C=O) groups excluding carboxylic acids is 2. The number of nitrogens with one attached hydrogen (secondary N) is 1. The SMILES string of the molecule is C[C@@H](NC(=O)c1cccc(CN2C(=O)CSc3ccccc32)c1)c1ccccc1. The van der Waals surface area contributed by atoms with Gasteiger partial charge in [-0.15, -0.1) is 11.8 Å². The number of carbonyl (C=O) groups is 2. The molecule has 0 unspecified atom stereocenters. The van der Waals surface area contributed by atoms with Crippen molar-refractivity contribution in [3.8, 4) is 0 Å². The topological polar surface area (TPSA) is 49.4 Å². The van der Waals surface area contributed by atoms with Crippen LogP contribution in [0.2, 0.25) is 0 Å². The van der Waals surface area contributed by atoms with E-state index in [0.29, 0.717) is 17.9 Å². The van der Waals surface area contributed by atoms with Gasteiger partial charge in [0, 0.05) is 10.5 Å². The van der Waals surface area contributed by atoms with Crippen LogP contribution in [-0.4, -0.2) is 17.6 Å². The molecule has 0 bridgehead atoms. The lowest BCUT2D eigenvalue weighted by Gasteiger charge is -2.29. The van der Waals surface area contributed by atoms with Crippen molar-refractivity contribution < 1.29 is 9.59 Å². The number of hydrogen-bond acceptors (Lipinski definition) is 3. The first kappa shape index (κ1) is 19.3. The second-order valence-corrected chi connectivity index (χ2v) is 8.06. The molecule has 0 fully saturated rings. The number of nitrogens with zero attached hydrogens (tertiary/aromatic N) is 1. The maximum absolute atomic E-state index is 12.7. The molecule has 4 nitrogen and oxygen atoms in total. The van der Waals surface area contributed by atoms with Gasteiger partial charge in [-0.3, -0.25) is 9.59 Å². The van der Waals surface area contributed by atoms with Gasteiger partial charge in [-0.1, -0.05) is 54.6 Å². The van der Waals surface area contributed by atoms with E-state index in [2.05, 4.69) is 5.32 Å². The Morgan fingerprint density at radius 2 is 1.79 bits per heavy atom. The Morgan fingerprint density at radius 3 is 2.62 bits per heavy atom. The molecule has 0 saturated carbocycles. The fraction of sp³-hybridized carbons (Fsp3) is 0.167. The summed E-state index contributed by atoms with van der Waals surface area (Å²) < 4.78 is 0. The van der Waals surface area contributed by atoms with Gasteiger partial charge in [-0.25, -0.2) is 0 Å². The highest BCUT2D eigenvalue weighted by Gasteiger charge is 2.24. The predicted molar refractivity (Wildman–Crippen MR) is 117 cm³/mol. The fourth-order valence-corrected chi connectivity index (χ4v) is 4.36. The zero-order chi connectivity index (χ0) is 20.2. The van der Waals surface area contributed by atoms with Gasteiger partial charge in [0.05, 0.1) is 24.0 Å². The summed E-state index contributed by atoms with van der Waals surface area (Å²) in [6.45, 7) is 2.42. The Hall–Kier alpha value is -3.05. The van der Waals surface area contributed by atoms with Crippen LogP contribution in [0.25, 0.3) is 0 Å². The molecule has 0 spiro atoms. The van der Waals surface area contributed by atoms with Crippen LogP contribution < -0.4 is 10.2 Å². The Kier molecular flexibility index (Phi) is 5.67. The van der Waals surface area contributed by atoms with Crippen molar-refractivity contribution >= 4 is 29.3 Å². The lowest BCUT2D eigenvalue weighted by Crippen LogP contribution is -2.34. The molecule has 1 atom stereocenters. The summed E-state index contributed by atoms with van der Waals surface area (Å²) in [4.78, 5) is 28.2. The standard InChI is InChI=1S/C24H22N2O2S/c1-17(19-9-3-2-4-10-19)25-24(28)20-11-7-8-18(14-20)15-26-21-12-5-6-13-22(21)29-16-23(26)27/h2-14,17H,15-16H2,1H3,(H,25,28)/t17-/m1/s1. The quantitative estimate of drug-likeness (QED) is 0.666. The second kappa shape index (κ2) is 8.53. The number of rotatable bonds is 5. The molecular weight excluding hydrogens is 380 g/mol. The molecule has 1 N–H and O–H groups in total. The fourth-order valence-electron chi connectivity index (χ4n) is 3.43. The van der Waals surface area contributed by atoms with E-state index in [0.717, 1.165) is 21.7 Å². The molecule has 2 amide bonds. The molecule has 1 aliphatic rings. The lowest BCUT2D eigenvalue weighted by atomic mass is 10.1. The van der Waals surface area contributed by atoms with Crippen LogP contribution in [0.5, 0.6) is 0 Å². The molecule has 0 aliphatic carbocycles. The molecule has 5 heteroatoms. The Labute approximate surface area is 174 Å². The highest BCUT2D eigenvalue weighted by atomic mass is 32.2. The van der Waals surface area contributed by atoms with E-state index in [1.165, 1.54) is 0 Å². The first-order chi connectivity index (χ1) is 14.1. The maximum atomic E-state index is 12.7. The molecule has 0 saturated heterocycles. The summed E-state index contributed by atoms with van der Waals surface area (Å²) in [5.41, 5.74) is 3.52. The van der Waals surface area contributed by atoms with Gasteiger partial charge in [0.2, 0.25) is 5.91 Å². The number of amides is 2. The highest BCUT2D eigenvalue weighted by Crippen LogP contribution is 2.35. The summed E-state index contributed by atoms with van der Waals surface area (Å²) in [6, 6.07) is 25.2. The number of hydrogen-bond donors (Lipinski definition) is 1. The molecule has 29 heavy (non-hydrogen) atoms. The van der Waals surface area contributed by atoms with Crippen molar-refractivity contribution in [3.63, 3.8) is 0 Å². The Morgan fingerprint density at radius 1 is 1.03 bits per heavy atom. The van der Waals surface area contributed by atoms with Crippen molar-refractivity contribution in [1.82, 2.24) is 5.32 Å². The molecule has 3 aromatic rings. The minimum atomic E-state index is -0.121. The number of thioether (sulfide) groups is 1. The van der Waals surface area contributed by atoms with E-state index in [1.807, 2.05) is 79.7 Å². The minimum Gasteiger partial charge on any atom is -0.346 e. The van der Waals surface area contributed by atoms with Gasteiger partial charge in [0.15, 0.2) is 0 Å². The third-order valence-electron chi connectivity index (χ3n) is 4.99. The molecule has 0 aromatic heterocycles. The average Bonchev–Trinajstić information content (AvgIpc) is 2.76. The van der Waals surface area contributed by atoms with Crippen LogP contribution in [0.3, 0.4) is 0 Å². The lowest BCUT2D eigenvalue weighted by molar-refractivity contribution is -0.116. The smallest absolute Gasteiger partial charge is 0.251 e. The minimum absolute atomic E-state index is 0.0834. The molecule has 146 valence electrons. The predicted octanol–water partition coefficient (Wildman–Crippen LogP) is 4.82. The van der Waals surface area contributed by atoms with Gasteiger partial charge in [0.25, 0.3) is 5.91 Å². The van der Waals surface area contributed by atoms with Gasteiger partial charge >= 0.3 is 0 Å². The van der Waals surface area contributed by atoms with Crippen LogP contribution in [0.15, 0.2) is 83.8 Å². The maximum Gasteiger partial charge on any atom is 0.251 e. The molecule has 1 heterocycles. The first-order valence-electron chi connectivity index (χ1n) is 9.59. The second-order valence-electron chi connectivity index (χ2n) is 7.04. The monoisotopic (exact) mass is 402 g/mol. The number of benzene rings is 3. The van der Waals surface area contributed by atoms with Crippen LogP contribution in [0, 0.1) is 0 Å². The van der Waals surface area contributed by atoms with Crippen LogP contribution in [0.4, 0.5) is 5.69 Å². The van der Waals surface area contributed by atoms with E-state index in [4.69, 9.17) is 0 Å². The molecule has 1 aliphatic heterocycles. The van der Waals surface area contributed by atoms with E-state index in [1.54, 1.807) is 22.7 Å². The summed E-state index contributed by atoms with van der Waals surface area (Å²) in [5, 5.41) is 3.04. The van der Waals surface area contributed by atoms with Crippen molar-refractivity contribution in [1.29, 1.82) is 0 Å². The zero-order valence-electron chi connectivity index (χ0n) is 16.2. The molecule has 4 rings (SSSR count). The largest absolute Gasteiger partial charge is 0.346 e. The molecule has 0 radical (unpaired) electrons. The molecular formula is C24H22N2O2S. The number of fused-ring (bicyclic) bond motifs is 1. The van der Waals surface area contributed by atoms with Crippen molar-refractivity contribution in [2.24, 2.45) is 0 Å². The number of anilines is 1. The van der Waals surface area contributed by atoms with Crippen molar-refractivity contribution in [2.75, 3.05) is 10.7 Å². The van der Waals surface area contributed by atoms with E-state index < -0.39 is 0 Å². The van der Waals surface area contributed by atoms with Crippen LogP contribution in [-0.2, 0) is 11.3 Å². The van der Waals surface area contributed by atoms with Crippen LogP contribution in [0.1, 0.15) is 34.5 Å². The van der Waals surface area contributed by atoms with Gasteiger partial charge in [-0.2, -0.15) is 0 Å². The van der Waals surface area contributed by atoms with E-state index >= 15 is 0 Å². The molecule has 3 aromatic carbocycles. The summed E-state index contributed by atoms with van der Waals surface area (Å²) in [6.07, 6.45) is 0. The van der Waals surface area contributed by atoms with E-state index in [9.17, 15) is 9.59 Å². The normalized spacial score (nSPS) is 14.2. The van der Waals surface area contributed by atoms with Crippen molar-refractivity contribution in [3.05, 3.63) is 95.6 Å². The van der Waals surface area contributed by atoms with Gasteiger partial charge in [0.1, 0.15) is 0 Å². The third-order valence-corrected chi connectivity index (χ3v) is 6.03. The first-order valence-corrected chi connectivity index (χ1v) is 10.6. The third kappa shape index (κ3) is 4.35.